The standard InChI is InChI=1S/C18H21FN2O2/c19-13-3-4-14-15(11-20-16(14)10-13)12-5-7-21(8-6-12)18(22)17-2-1-9-23-17/h3-4,10-12,17,20H,1-2,5-9H2. The number of nitrogens with one attached hydrogen (secondary N) is 1. The fourth-order valence-electron chi connectivity index (χ4n) is 3.85. The Bertz CT molecular complexity index is 713. The fraction of sp³-hybridized carbons (Fsp3) is 0.500. The Hall–Kier alpha value is -1.88. The highest BCUT2D eigenvalue weighted by Gasteiger charge is 2.31. The van der Waals surface area contributed by atoms with Crippen molar-refractivity contribution >= 4 is 16.8 Å². The van der Waals surface area contributed by atoms with Gasteiger partial charge in [0.25, 0.3) is 5.91 Å². The second kappa shape index (κ2) is 5.96. The van der Waals surface area contributed by atoms with Crippen molar-refractivity contribution in [3.8, 4) is 0 Å². The molecule has 1 unspecified atom stereocenters. The van der Waals surface area contributed by atoms with Crippen LogP contribution in [0, 0.1) is 5.82 Å². The van der Waals surface area contributed by atoms with Crippen LogP contribution in [-0.4, -0.2) is 41.6 Å². The monoisotopic (exact) mass is 316 g/mol. The molecule has 2 aliphatic heterocycles. The number of halogens is 1. The number of ether oxygens (including phenoxy) is 1. The number of fused-ring (bicyclic) bond motifs is 1. The topological polar surface area (TPSA) is 45.3 Å². The molecule has 1 N–H and O–H groups in total. The number of likely N-dealkylation sites (tertiary alicyclic amines) is 1. The predicted molar refractivity (Wildman–Crippen MR) is 85.8 cm³/mol. The van der Waals surface area contributed by atoms with E-state index in [4.69, 9.17) is 4.74 Å². The Morgan fingerprint density at radius 3 is 2.83 bits per heavy atom. The number of hydrogen-bond acceptors (Lipinski definition) is 2. The smallest absolute Gasteiger partial charge is 0.251 e. The van der Waals surface area contributed by atoms with Crippen LogP contribution in [0.1, 0.15) is 37.2 Å². The van der Waals surface area contributed by atoms with Gasteiger partial charge in [0.2, 0.25) is 0 Å². The average molecular weight is 316 g/mol. The average Bonchev–Trinajstić information content (AvgIpc) is 3.23. The van der Waals surface area contributed by atoms with Gasteiger partial charge in [0.05, 0.1) is 0 Å². The van der Waals surface area contributed by atoms with Gasteiger partial charge < -0.3 is 14.6 Å². The number of rotatable bonds is 2. The van der Waals surface area contributed by atoms with E-state index in [1.807, 2.05) is 17.2 Å². The number of benzene rings is 1. The maximum atomic E-state index is 13.3. The SMILES string of the molecule is O=C(C1CCCO1)N1CCC(c2c[nH]c3cc(F)ccc23)CC1. The number of amides is 1. The maximum Gasteiger partial charge on any atom is 0.251 e. The van der Waals surface area contributed by atoms with Gasteiger partial charge in [-0.05, 0) is 55.4 Å². The lowest BCUT2D eigenvalue weighted by Gasteiger charge is -2.33. The van der Waals surface area contributed by atoms with Crippen molar-refractivity contribution in [3.63, 3.8) is 0 Å². The molecule has 23 heavy (non-hydrogen) atoms. The molecular weight excluding hydrogens is 295 g/mol. The summed E-state index contributed by atoms with van der Waals surface area (Å²) in [6, 6.07) is 4.89. The van der Waals surface area contributed by atoms with Crippen LogP contribution in [-0.2, 0) is 9.53 Å². The van der Waals surface area contributed by atoms with Crippen LogP contribution >= 0.6 is 0 Å². The van der Waals surface area contributed by atoms with E-state index in [1.165, 1.54) is 17.7 Å². The van der Waals surface area contributed by atoms with Gasteiger partial charge in [-0.25, -0.2) is 4.39 Å². The zero-order chi connectivity index (χ0) is 15.8. The van der Waals surface area contributed by atoms with Crippen LogP contribution in [0.25, 0.3) is 10.9 Å². The molecule has 3 heterocycles. The van der Waals surface area contributed by atoms with Crippen molar-refractivity contribution < 1.29 is 13.9 Å². The highest BCUT2D eigenvalue weighted by Crippen LogP contribution is 2.33. The summed E-state index contributed by atoms with van der Waals surface area (Å²) in [7, 11) is 0. The van der Waals surface area contributed by atoms with Gasteiger partial charge in [-0.1, -0.05) is 0 Å². The van der Waals surface area contributed by atoms with Crippen molar-refractivity contribution in [2.24, 2.45) is 0 Å². The van der Waals surface area contributed by atoms with Crippen molar-refractivity contribution in [2.45, 2.75) is 37.7 Å². The van der Waals surface area contributed by atoms with E-state index in [2.05, 4.69) is 4.98 Å². The number of aromatic amines is 1. The van der Waals surface area contributed by atoms with E-state index < -0.39 is 0 Å². The molecule has 2 aliphatic rings. The molecular formula is C18H21FN2O2. The van der Waals surface area contributed by atoms with Crippen molar-refractivity contribution in [2.75, 3.05) is 19.7 Å². The van der Waals surface area contributed by atoms with Crippen LogP contribution < -0.4 is 0 Å². The Balaban J connectivity index is 1.45. The van der Waals surface area contributed by atoms with Gasteiger partial charge in [0, 0.05) is 36.8 Å². The first-order chi connectivity index (χ1) is 11.2. The maximum absolute atomic E-state index is 13.3. The molecule has 2 saturated heterocycles. The van der Waals surface area contributed by atoms with E-state index in [1.54, 1.807) is 0 Å². The van der Waals surface area contributed by atoms with E-state index in [0.29, 0.717) is 12.5 Å². The first kappa shape index (κ1) is 14.7. The highest BCUT2D eigenvalue weighted by atomic mass is 19.1. The van der Waals surface area contributed by atoms with Crippen LogP contribution in [0.5, 0.6) is 0 Å². The number of hydrogen-bond donors (Lipinski definition) is 1. The largest absolute Gasteiger partial charge is 0.368 e. The second-order valence-corrected chi connectivity index (χ2v) is 6.54. The molecule has 2 aromatic rings. The normalized spacial score (nSPS) is 22.8. The summed E-state index contributed by atoms with van der Waals surface area (Å²) in [5.41, 5.74) is 2.09. The molecule has 1 aromatic carbocycles. The number of piperidine rings is 1. The molecule has 122 valence electrons. The molecule has 0 saturated carbocycles. The van der Waals surface area contributed by atoms with Gasteiger partial charge in [0.15, 0.2) is 0 Å². The Morgan fingerprint density at radius 1 is 1.26 bits per heavy atom. The Kier molecular flexibility index (Phi) is 3.81. The van der Waals surface area contributed by atoms with Crippen LogP contribution in [0.2, 0.25) is 0 Å². The molecule has 0 spiro atoms. The van der Waals surface area contributed by atoms with E-state index >= 15 is 0 Å². The molecule has 1 amide bonds. The summed E-state index contributed by atoms with van der Waals surface area (Å²) in [6.07, 6.45) is 5.51. The summed E-state index contributed by atoms with van der Waals surface area (Å²) in [4.78, 5) is 17.5. The molecule has 1 aromatic heterocycles. The van der Waals surface area contributed by atoms with Gasteiger partial charge >= 0.3 is 0 Å². The zero-order valence-electron chi connectivity index (χ0n) is 13.1. The molecule has 5 heteroatoms. The lowest BCUT2D eigenvalue weighted by Crippen LogP contribution is -2.43. The summed E-state index contributed by atoms with van der Waals surface area (Å²) in [5, 5.41) is 1.09. The van der Waals surface area contributed by atoms with Gasteiger partial charge in [0.1, 0.15) is 11.9 Å². The summed E-state index contributed by atoms with van der Waals surface area (Å²) in [5.74, 6) is 0.354. The number of carbonyl (C=O) groups is 1. The minimum absolute atomic E-state index is 0.155. The fourth-order valence-corrected chi connectivity index (χ4v) is 3.85. The molecule has 0 radical (unpaired) electrons. The highest BCUT2D eigenvalue weighted by molar-refractivity contribution is 5.84. The zero-order valence-corrected chi connectivity index (χ0v) is 13.1. The van der Waals surface area contributed by atoms with Gasteiger partial charge in [-0.15, -0.1) is 0 Å². The molecule has 4 rings (SSSR count). The van der Waals surface area contributed by atoms with Crippen molar-refractivity contribution in [3.05, 3.63) is 35.8 Å². The van der Waals surface area contributed by atoms with Crippen LogP contribution in [0.4, 0.5) is 4.39 Å². The molecule has 2 fully saturated rings. The first-order valence-corrected chi connectivity index (χ1v) is 8.39. The molecule has 4 nitrogen and oxygen atoms in total. The Labute approximate surface area is 134 Å². The minimum Gasteiger partial charge on any atom is -0.368 e. The van der Waals surface area contributed by atoms with E-state index in [9.17, 15) is 9.18 Å². The molecule has 1 atom stereocenters. The lowest BCUT2D eigenvalue weighted by molar-refractivity contribution is -0.142. The number of H-pyrrole nitrogens is 1. The quantitative estimate of drug-likeness (QED) is 0.925. The van der Waals surface area contributed by atoms with Crippen molar-refractivity contribution in [1.82, 2.24) is 9.88 Å². The van der Waals surface area contributed by atoms with Gasteiger partial charge in [-0.3, -0.25) is 4.79 Å². The van der Waals surface area contributed by atoms with Crippen LogP contribution in [0.3, 0.4) is 0 Å². The minimum atomic E-state index is -0.220. The third-order valence-electron chi connectivity index (χ3n) is 5.13. The number of carbonyl (C=O) groups excluding carboxylic acids is 1. The van der Waals surface area contributed by atoms with Crippen LogP contribution in [0.15, 0.2) is 24.4 Å². The third kappa shape index (κ3) is 2.74. The summed E-state index contributed by atoms with van der Waals surface area (Å²) >= 11 is 0. The Morgan fingerprint density at radius 2 is 2.09 bits per heavy atom. The van der Waals surface area contributed by atoms with Gasteiger partial charge in [-0.2, -0.15) is 0 Å². The number of aromatic nitrogens is 1. The predicted octanol–water partition coefficient (Wildman–Crippen LogP) is 3.19. The van der Waals surface area contributed by atoms with E-state index in [0.717, 1.165) is 49.7 Å². The lowest BCUT2D eigenvalue weighted by atomic mass is 9.89. The van der Waals surface area contributed by atoms with Crippen molar-refractivity contribution in [1.29, 1.82) is 0 Å². The number of nitrogens with zero attached hydrogens (tertiary/aromatic N) is 1. The summed E-state index contributed by atoms with van der Waals surface area (Å²) in [6.45, 7) is 2.26. The first-order valence-electron chi connectivity index (χ1n) is 8.39. The summed E-state index contributed by atoms with van der Waals surface area (Å²) < 4.78 is 18.8. The third-order valence-corrected chi connectivity index (χ3v) is 5.13. The molecule has 0 aliphatic carbocycles. The van der Waals surface area contributed by atoms with E-state index in [-0.39, 0.29) is 17.8 Å². The molecule has 0 bridgehead atoms. The second-order valence-electron chi connectivity index (χ2n) is 6.54.